The summed E-state index contributed by atoms with van der Waals surface area (Å²) < 4.78 is 2.06. The molecule has 1 amide bonds. The van der Waals surface area contributed by atoms with Gasteiger partial charge in [-0.2, -0.15) is 0 Å². The summed E-state index contributed by atoms with van der Waals surface area (Å²) in [6, 6.07) is 11.8. The van der Waals surface area contributed by atoms with Crippen LogP contribution in [0.25, 0.3) is 10.9 Å². The molecule has 0 fully saturated rings. The van der Waals surface area contributed by atoms with Crippen LogP contribution in [-0.4, -0.2) is 10.5 Å². The second-order valence-electron chi connectivity index (χ2n) is 7.63. The van der Waals surface area contributed by atoms with Crippen molar-refractivity contribution in [1.29, 1.82) is 0 Å². The average molecular weight is 360 g/mol. The first-order chi connectivity index (χ1) is 13.0. The van der Waals surface area contributed by atoms with Gasteiger partial charge in [0.25, 0.3) is 5.91 Å². The van der Waals surface area contributed by atoms with Crippen LogP contribution in [0.5, 0.6) is 0 Å². The first-order valence-corrected chi connectivity index (χ1v) is 9.53. The molecule has 2 heterocycles. The molecule has 0 unspecified atom stereocenters. The number of carbonyl (C=O) groups is 1. The van der Waals surface area contributed by atoms with Gasteiger partial charge < -0.3 is 9.88 Å². The minimum Gasteiger partial charge on any atom is -0.346 e. The van der Waals surface area contributed by atoms with Crippen LogP contribution in [0.1, 0.15) is 53.2 Å². The van der Waals surface area contributed by atoms with Gasteiger partial charge in [-0.1, -0.05) is 44.2 Å². The maximum atomic E-state index is 13.1. The Balaban J connectivity index is 1.82. The van der Waals surface area contributed by atoms with Crippen LogP contribution in [0.3, 0.4) is 0 Å². The largest absolute Gasteiger partial charge is 0.346 e. The zero-order valence-electron chi connectivity index (χ0n) is 16.0. The number of aromatic nitrogens is 1. The van der Waals surface area contributed by atoms with E-state index in [1.807, 2.05) is 37.3 Å². The molecule has 138 valence electrons. The Morgan fingerprint density at radius 3 is 2.70 bits per heavy atom. The Labute approximate surface area is 158 Å². The molecule has 1 aliphatic rings. The van der Waals surface area contributed by atoms with Crippen molar-refractivity contribution in [3.63, 3.8) is 0 Å². The van der Waals surface area contributed by atoms with E-state index in [1.54, 1.807) is 6.20 Å². The molecular formula is C23H24N2O2. The third-order valence-corrected chi connectivity index (χ3v) is 5.44. The van der Waals surface area contributed by atoms with Crippen LogP contribution in [-0.2, 0) is 13.0 Å². The molecular weight excluding hydrogens is 336 g/mol. The molecule has 0 aliphatic carbocycles. The van der Waals surface area contributed by atoms with Crippen molar-refractivity contribution in [3.05, 3.63) is 75.1 Å². The molecule has 0 saturated carbocycles. The van der Waals surface area contributed by atoms with E-state index in [2.05, 4.69) is 29.8 Å². The second-order valence-corrected chi connectivity index (χ2v) is 7.63. The molecule has 27 heavy (non-hydrogen) atoms. The van der Waals surface area contributed by atoms with Crippen molar-refractivity contribution >= 4 is 22.5 Å². The first kappa shape index (κ1) is 17.5. The summed E-state index contributed by atoms with van der Waals surface area (Å²) in [5.74, 6) is -0.0561. The van der Waals surface area contributed by atoms with Gasteiger partial charge in [0.2, 0.25) is 5.43 Å². The monoisotopic (exact) mass is 360 g/mol. The third kappa shape index (κ3) is 2.95. The Bertz CT molecular complexity index is 1110. The number of nitrogens with zero attached hydrogens (tertiary/aromatic N) is 1. The fraction of sp³-hybridized carbons (Fsp3) is 0.304. The van der Waals surface area contributed by atoms with Gasteiger partial charge in [-0.25, -0.2) is 0 Å². The topological polar surface area (TPSA) is 51.1 Å². The second kappa shape index (κ2) is 6.69. The van der Waals surface area contributed by atoms with Gasteiger partial charge in [-0.15, -0.1) is 0 Å². The van der Waals surface area contributed by atoms with Crippen molar-refractivity contribution in [2.75, 3.05) is 5.32 Å². The van der Waals surface area contributed by atoms with Crippen molar-refractivity contribution < 1.29 is 4.79 Å². The highest BCUT2D eigenvalue weighted by atomic mass is 16.2. The molecule has 0 spiro atoms. The SMILES string of the molecule is Cc1cccc(C(C)C)c1NC(=O)c1cn2c3c(cccc3c1=O)CCC2. The number of anilines is 1. The summed E-state index contributed by atoms with van der Waals surface area (Å²) in [5, 5.41) is 3.65. The predicted molar refractivity (Wildman–Crippen MR) is 110 cm³/mol. The first-order valence-electron chi connectivity index (χ1n) is 9.53. The molecule has 1 aromatic heterocycles. The zero-order chi connectivity index (χ0) is 19.1. The van der Waals surface area contributed by atoms with E-state index < -0.39 is 0 Å². The Hall–Kier alpha value is -2.88. The fourth-order valence-electron chi connectivity index (χ4n) is 4.04. The number of pyridine rings is 1. The van der Waals surface area contributed by atoms with Gasteiger partial charge in [0.05, 0.1) is 5.52 Å². The van der Waals surface area contributed by atoms with Gasteiger partial charge in [0.1, 0.15) is 5.56 Å². The third-order valence-electron chi connectivity index (χ3n) is 5.44. The predicted octanol–water partition coefficient (Wildman–Crippen LogP) is 4.63. The number of amides is 1. The molecule has 0 atom stereocenters. The summed E-state index contributed by atoms with van der Waals surface area (Å²) in [6.45, 7) is 7.00. The summed E-state index contributed by atoms with van der Waals surface area (Å²) in [6.07, 6.45) is 3.73. The van der Waals surface area contributed by atoms with Gasteiger partial charge in [-0.3, -0.25) is 9.59 Å². The molecule has 1 N–H and O–H groups in total. The number of para-hydroxylation sites is 2. The number of aryl methyl sites for hydroxylation is 3. The van der Waals surface area contributed by atoms with Crippen LogP contribution < -0.4 is 10.7 Å². The lowest BCUT2D eigenvalue weighted by molar-refractivity contribution is 0.102. The number of hydrogen-bond donors (Lipinski definition) is 1. The maximum absolute atomic E-state index is 13.1. The Kier molecular flexibility index (Phi) is 4.34. The number of rotatable bonds is 3. The number of nitrogens with one attached hydrogen (secondary N) is 1. The lowest BCUT2D eigenvalue weighted by Gasteiger charge is -2.21. The van der Waals surface area contributed by atoms with Crippen molar-refractivity contribution in [2.45, 2.75) is 46.1 Å². The Morgan fingerprint density at radius 1 is 1.15 bits per heavy atom. The van der Waals surface area contributed by atoms with E-state index in [0.29, 0.717) is 5.39 Å². The van der Waals surface area contributed by atoms with Crippen LogP contribution >= 0.6 is 0 Å². The molecule has 0 bridgehead atoms. The number of carbonyl (C=O) groups excluding carboxylic acids is 1. The van der Waals surface area contributed by atoms with Crippen molar-refractivity contribution in [2.24, 2.45) is 0 Å². The smallest absolute Gasteiger partial charge is 0.261 e. The summed E-state index contributed by atoms with van der Waals surface area (Å²) in [4.78, 5) is 26.1. The van der Waals surface area contributed by atoms with Crippen LogP contribution in [0.2, 0.25) is 0 Å². The van der Waals surface area contributed by atoms with E-state index in [9.17, 15) is 9.59 Å². The summed E-state index contributed by atoms with van der Waals surface area (Å²) in [7, 11) is 0. The van der Waals surface area contributed by atoms with E-state index >= 15 is 0 Å². The van der Waals surface area contributed by atoms with Crippen molar-refractivity contribution in [1.82, 2.24) is 4.57 Å². The molecule has 2 aromatic carbocycles. The number of hydrogen-bond acceptors (Lipinski definition) is 2. The normalized spacial score (nSPS) is 13.2. The van der Waals surface area contributed by atoms with Crippen LogP contribution in [0.4, 0.5) is 5.69 Å². The van der Waals surface area contributed by atoms with Crippen molar-refractivity contribution in [3.8, 4) is 0 Å². The van der Waals surface area contributed by atoms with E-state index in [1.165, 1.54) is 5.56 Å². The van der Waals surface area contributed by atoms with Gasteiger partial charge >= 0.3 is 0 Å². The minimum atomic E-state index is -0.335. The fourth-order valence-corrected chi connectivity index (χ4v) is 4.04. The van der Waals surface area contributed by atoms with E-state index in [-0.39, 0.29) is 22.8 Å². The molecule has 1 aliphatic heterocycles. The van der Waals surface area contributed by atoms with E-state index in [4.69, 9.17) is 0 Å². The highest BCUT2D eigenvalue weighted by Gasteiger charge is 2.21. The maximum Gasteiger partial charge on any atom is 0.261 e. The standard InChI is InChI=1S/C23H24N2O2/c1-14(2)17-10-4-7-15(3)20(17)24-23(27)19-13-25-12-6-9-16-8-5-11-18(21(16)25)22(19)26/h4-5,7-8,10-11,13-14H,6,9,12H2,1-3H3,(H,24,27). The summed E-state index contributed by atoms with van der Waals surface area (Å²) in [5.41, 5.74) is 5.06. The van der Waals surface area contributed by atoms with Crippen LogP contribution in [0, 0.1) is 6.92 Å². The van der Waals surface area contributed by atoms with Gasteiger partial charge in [0, 0.05) is 23.8 Å². The van der Waals surface area contributed by atoms with Gasteiger partial charge in [0.15, 0.2) is 0 Å². The van der Waals surface area contributed by atoms with Crippen LogP contribution in [0.15, 0.2) is 47.4 Å². The molecule has 0 saturated heterocycles. The highest BCUT2D eigenvalue weighted by Crippen LogP contribution is 2.28. The minimum absolute atomic E-state index is 0.192. The zero-order valence-corrected chi connectivity index (χ0v) is 16.0. The lowest BCUT2D eigenvalue weighted by Crippen LogP contribution is -2.26. The molecule has 4 nitrogen and oxygen atoms in total. The quantitative estimate of drug-likeness (QED) is 0.740. The summed E-state index contributed by atoms with van der Waals surface area (Å²) >= 11 is 0. The molecule has 0 radical (unpaired) electrons. The van der Waals surface area contributed by atoms with E-state index in [0.717, 1.165) is 41.7 Å². The number of benzene rings is 2. The Morgan fingerprint density at radius 2 is 1.93 bits per heavy atom. The van der Waals surface area contributed by atoms with Gasteiger partial charge in [-0.05, 0) is 48.4 Å². The molecule has 3 aromatic rings. The average Bonchev–Trinajstić information content (AvgIpc) is 2.66. The highest BCUT2D eigenvalue weighted by molar-refractivity contribution is 6.06. The lowest BCUT2D eigenvalue weighted by atomic mass is 9.97. The molecule has 4 heteroatoms. The molecule has 4 rings (SSSR count).